The van der Waals surface area contributed by atoms with Crippen LogP contribution in [0.2, 0.25) is 0 Å². The molecule has 0 aliphatic carbocycles. The highest BCUT2D eigenvalue weighted by Gasteiger charge is 2.21. The van der Waals surface area contributed by atoms with Crippen LogP contribution in [0.1, 0.15) is 25.3 Å². The Morgan fingerprint density at radius 3 is 2.16 bits per heavy atom. The van der Waals surface area contributed by atoms with Crippen molar-refractivity contribution in [3.63, 3.8) is 0 Å². The minimum atomic E-state index is 0. The van der Waals surface area contributed by atoms with Crippen LogP contribution in [-0.4, -0.2) is 90.1 Å². The van der Waals surface area contributed by atoms with E-state index < -0.39 is 0 Å². The van der Waals surface area contributed by atoms with E-state index in [0.29, 0.717) is 17.2 Å². The molecule has 9 heteroatoms. The van der Waals surface area contributed by atoms with Gasteiger partial charge in [0.2, 0.25) is 5.75 Å². The lowest BCUT2D eigenvalue weighted by Crippen LogP contribution is -2.52. The molecule has 0 radical (unpaired) electrons. The molecular weight excluding hydrogens is 511 g/mol. The fraction of sp³-hybridized carbons (Fsp3) is 0.682. The number of methoxy groups -OCH3 is 3. The number of benzene rings is 1. The summed E-state index contributed by atoms with van der Waals surface area (Å²) in [7, 11) is 6.77. The van der Waals surface area contributed by atoms with E-state index in [4.69, 9.17) is 18.9 Å². The van der Waals surface area contributed by atoms with Crippen molar-refractivity contribution < 1.29 is 18.9 Å². The van der Waals surface area contributed by atoms with Gasteiger partial charge in [-0.15, -0.1) is 24.0 Å². The molecule has 1 N–H and O–H groups in total. The van der Waals surface area contributed by atoms with E-state index in [-0.39, 0.29) is 24.0 Å². The third-order valence-corrected chi connectivity index (χ3v) is 5.22. The summed E-state index contributed by atoms with van der Waals surface area (Å²) in [4.78, 5) is 9.22. The Balaban J connectivity index is 0.00000480. The molecule has 0 spiro atoms. The van der Waals surface area contributed by atoms with Crippen molar-refractivity contribution >= 4 is 29.9 Å². The van der Waals surface area contributed by atoms with Crippen LogP contribution in [-0.2, 0) is 11.3 Å². The minimum Gasteiger partial charge on any atom is -0.493 e. The fourth-order valence-electron chi connectivity index (χ4n) is 3.61. The summed E-state index contributed by atoms with van der Waals surface area (Å²) >= 11 is 0. The smallest absolute Gasteiger partial charge is 0.203 e. The van der Waals surface area contributed by atoms with Crippen molar-refractivity contribution in [2.75, 3.05) is 74.3 Å². The number of unbranched alkanes of at least 4 members (excludes halogenated alkanes) is 1. The van der Waals surface area contributed by atoms with E-state index in [0.717, 1.165) is 76.8 Å². The van der Waals surface area contributed by atoms with Gasteiger partial charge < -0.3 is 29.2 Å². The molecule has 178 valence electrons. The maximum atomic E-state index is 5.48. The molecule has 8 nitrogen and oxygen atoms in total. The van der Waals surface area contributed by atoms with Crippen LogP contribution in [0.3, 0.4) is 0 Å². The van der Waals surface area contributed by atoms with E-state index >= 15 is 0 Å². The predicted octanol–water partition coefficient (Wildman–Crippen LogP) is 2.84. The first-order valence-electron chi connectivity index (χ1n) is 10.7. The van der Waals surface area contributed by atoms with Gasteiger partial charge in [-0.2, -0.15) is 0 Å². The monoisotopic (exact) mass is 550 g/mol. The van der Waals surface area contributed by atoms with Gasteiger partial charge in [0.15, 0.2) is 17.5 Å². The number of piperazine rings is 1. The standard InChI is InChI=1S/C22H38N4O4.HI/c1-6-30-14-8-7-9-24-22(23-2)26-12-10-25(11-13-26)17-18-15-19(27-3)21(29-5)20(16-18)28-4;/h15-16H,6-14,17H2,1-5H3,(H,23,24);1H. The number of ether oxygens (including phenoxy) is 4. The van der Waals surface area contributed by atoms with E-state index in [9.17, 15) is 0 Å². The lowest BCUT2D eigenvalue weighted by Gasteiger charge is -2.36. The third-order valence-electron chi connectivity index (χ3n) is 5.22. The molecule has 2 rings (SSSR count). The van der Waals surface area contributed by atoms with Gasteiger partial charge in [-0.25, -0.2) is 0 Å². The van der Waals surface area contributed by atoms with E-state index in [1.807, 2.05) is 26.1 Å². The number of guanidine groups is 1. The molecular formula is C22H39IN4O4. The molecule has 0 bridgehead atoms. The average molecular weight is 550 g/mol. The Morgan fingerprint density at radius 1 is 1.00 bits per heavy atom. The highest BCUT2D eigenvalue weighted by Crippen LogP contribution is 2.38. The first-order chi connectivity index (χ1) is 14.7. The number of nitrogens with zero attached hydrogens (tertiary/aromatic N) is 3. The minimum absolute atomic E-state index is 0. The molecule has 0 saturated carbocycles. The van der Waals surface area contributed by atoms with Crippen LogP contribution < -0.4 is 19.5 Å². The normalized spacial score (nSPS) is 14.7. The van der Waals surface area contributed by atoms with Crippen LogP contribution in [0.4, 0.5) is 0 Å². The molecule has 0 amide bonds. The first kappa shape index (κ1) is 27.6. The average Bonchev–Trinajstić information content (AvgIpc) is 2.78. The van der Waals surface area contributed by atoms with Gasteiger partial charge in [-0.1, -0.05) is 0 Å². The molecule has 1 aromatic rings. The zero-order valence-electron chi connectivity index (χ0n) is 19.6. The van der Waals surface area contributed by atoms with Crippen molar-refractivity contribution in [2.45, 2.75) is 26.3 Å². The van der Waals surface area contributed by atoms with Crippen molar-refractivity contribution in [1.82, 2.24) is 15.1 Å². The van der Waals surface area contributed by atoms with Crippen LogP contribution >= 0.6 is 24.0 Å². The second-order valence-electron chi connectivity index (χ2n) is 7.17. The molecule has 0 aromatic heterocycles. The zero-order chi connectivity index (χ0) is 21.8. The third kappa shape index (κ3) is 8.53. The summed E-state index contributed by atoms with van der Waals surface area (Å²) in [5.41, 5.74) is 1.15. The second-order valence-corrected chi connectivity index (χ2v) is 7.17. The van der Waals surface area contributed by atoms with Crippen LogP contribution in [0.15, 0.2) is 17.1 Å². The molecule has 1 aliphatic heterocycles. The van der Waals surface area contributed by atoms with Gasteiger partial charge in [0, 0.05) is 59.5 Å². The summed E-state index contributed by atoms with van der Waals surface area (Å²) in [5, 5.41) is 3.48. The van der Waals surface area contributed by atoms with Gasteiger partial charge in [0.1, 0.15) is 0 Å². The molecule has 1 heterocycles. The Labute approximate surface area is 204 Å². The van der Waals surface area contributed by atoms with Crippen LogP contribution in [0.5, 0.6) is 17.2 Å². The topological polar surface area (TPSA) is 67.8 Å². The summed E-state index contributed by atoms with van der Waals surface area (Å²) in [6.45, 7) is 9.25. The SMILES string of the molecule is CCOCCCCNC(=NC)N1CCN(Cc2cc(OC)c(OC)c(OC)c2)CC1.I. The van der Waals surface area contributed by atoms with Gasteiger partial charge in [-0.3, -0.25) is 9.89 Å². The summed E-state index contributed by atoms with van der Waals surface area (Å²) in [5.74, 6) is 3.00. The van der Waals surface area contributed by atoms with Crippen molar-refractivity contribution in [3.05, 3.63) is 17.7 Å². The van der Waals surface area contributed by atoms with Gasteiger partial charge >= 0.3 is 0 Å². The van der Waals surface area contributed by atoms with Crippen LogP contribution in [0, 0.1) is 0 Å². The first-order valence-corrected chi connectivity index (χ1v) is 10.7. The van der Waals surface area contributed by atoms with Crippen molar-refractivity contribution in [1.29, 1.82) is 0 Å². The Hall–Kier alpha value is -1.46. The van der Waals surface area contributed by atoms with Gasteiger partial charge in [0.05, 0.1) is 21.3 Å². The lowest BCUT2D eigenvalue weighted by molar-refractivity contribution is 0.143. The molecule has 0 atom stereocenters. The zero-order valence-corrected chi connectivity index (χ0v) is 21.9. The van der Waals surface area contributed by atoms with E-state index in [1.165, 1.54) is 0 Å². The summed E-state index contributed by atoms with van der Waals surface area (Å²) in [6, 6.07) is 4.05. The number of hydrogen-bond acceptors (Lipinski definition) is 6. The van der Waals surface area contributed by atoms with Crippen molar-refractivity contribution in [2.24, 2.45) is 4.99 Å². The number of rotatable bonds is 11. The number of nitrogens with one attached hydrogen (secondary N) is 1. The highest BCUT2D eigenvalue weighted by molar-refractivity contribution is 14.0. The maximum absolute atomic E-state index is 5.48. The Bertz CT molecular complexity index is 642. The number of aliphatic imine (C=N–C) groups is 1. The second kappa shape index (κ2) is 15.4. The fourth-order valence-corrected chi connectivity index (χ4v) is 3.61. The van der Waals surface area contributed by atoms with Gasteiger partial charge in [-0.05, 0) is 37.5 Å². The quantitative estimate of drug-likeness (QED) is 0.197. The molecule has 1 saturated heterocycles. The summed E-state index contributed by atoms with van der Waals surface area (Å²) in [6.07, 6.45) is 2.15. The number of halogens is 1. The largest absolute Gasteiger partial charge is 0.493 e. The lowest BCUT2D eigenvalue weighted by atomic mass is 10.1. The van der Waals surface area contributed by atoms with E-state index in [2.05, 4.69) is 20.1 Å². The molecule has 1 aromatic carbocycles. The highest BCUT2D eigenvalue weighted by atomic mass is 127. The van der Waals surface area contributed by atoms with Gasteiger partial charge in [0.25, 0.3) is 0 Å². The number of hydrogen-bond donors (Lipinski definition) is 1. The molecule has 1 fully saturated rings. The van der Waals surface area contributed by atoms with Crippen LogP contribution in [0.25, 0.3) is 0 Å². The Morgan fingerprint density at radius 2 is 1.65 bits per heavy atom. The van der Waals surface area contributed by atoms with E-state index in [1.54, 1.807) is 21.3 Å². The Kier molecular flexibility index (Phi) is 13.7. The summed E-state index contributed by atoms with van der Waals surface area (Å²) < 4.78 is 21.8. The molecule has 0 unspecified atom stereocenters. The molecule has 31 heavy (non-hydrogen) atoms. The maximum Gasteiger partial charge on any atom is 0.203 e. The predicted molar refractivity (Wildman–Crippen MR) is 135 cm³/mol. The van der Waals surface area contributed by atoms with Crippen molar-refractivity contribution in [3.8, 4) is 17.2 Å². The molecule has 1 aliphatic rings.